The minimum Gasteiger partial charge on any atom is -0.392 e. The van der Waals surface area contributed by atoms with Crippen molar-refractivity contribution in [2.45, 2.75) is 25.9 Å². The van der Waals surface area contributed by atoms with Gasteiger partial charge in [-0.2, -0.15) is 0 Å². The molecule has 3 N–H and O–H groups in total. The Morgan fingerprint density at radius 3 is 2.79 bits per heavy atom. The molecule has 0 aromatic heterocycles. The van der Waals surface area contributed by atoms with Crippen molar-refractivity contribution in [3.05, 3.63) is 0 Å². The molecule has 0 radical (unpaired) electrons. The van der Waals surface area contributed by atoms with E-state index in [9.17, 15) is 9.59 Å². The number of carbonyl (C=O) groups excluding carboxylic acids is 2. The topological polar surface area (TPSA) is 75.4 Å². The molecule has 1 rings (SSSR count). The summed E-state index contributed by atoms with van der Waals surface area (Å²) in [7, 11) is 0. The lowest BCUT2D eigenvalue weighted by molar-refractivity contribution is -0.139. The lowest BCUT2D eigenvalue weighted by Gasteiger charge is -2.35. The van der Waals surface area contributed by atoms with Crippen LogP contribution in [0.25, 0.3) is 0 Å². The second-order valence-electron chi connectivity index (χ2n) is 3.34. The highest BCUT2D eigenvalue weighted by molar-refractivity contribution is 7.80. The van der Waals surface area contributed by atoms with E-state index in [2.05, 4.69) is 5.32 Å². The number of nitrogens with one attached hydrogen (secondary N) is 1. The quantitative estimate of drug-likeness (QED) is 0.457. The Morgan fingerprint density at radius 1 is 1.71 bits per heavy atom. The van der Waals surface area contributed by atoms with Crippen molar-refractivity contribution in [2.24, 2.45) is 5.73 Å². The number of carbonyl (C=O) groups is 2. The summed E-state index contributed by atoms with van der Waals surface area (Å²) < 4.78 is 0. The van der Waals surface area contributed by atoms with Gasteiger partial charge in [0.05, 0.1) is 23.6 Å². The number of piperazine rings is 1. The number of hydrogen-bond acceptors (Lipinski definition) is 4. The summed E-state index contributed by atoms with van der Waals surface area (Å²) >= 11 is 4.82. The summed E-state index contributed by atoms with van der Waals surface area (Å²) in [5.74, 6) is -0.611. The molecule has 1 fully saturated rings. The SMILES string of the molecule is CC1C(=O)NC(=O)CN1C(C)C(N)=S. The first-order chi connectivity index (χ1) is 6.43. The molecular formula is C8H13N3O2S. The van der Waals surface area contributed by atoms with Crippen molar-refractivity contribution in [2.75, 3.05) is 6.54 Å². The number of hydrogen-bond donors (Lipinski definition) is 2. The Hall–Kier alpha value is -1.01. The maximum atomic E-state index is 11.3. The third kappa shape index (κ3) is 2.08. The van der Waals surface area contributed by atoms with Crippen LogP contribution in [-0.2, 0) is 9.59 Å². The van der Waals surface area contributed by atoms with E-state index < -0.39 is 0 Å². The molecule has 0 aromatic rings. The highest BCUT2D eigenvalue weighted by Crippen LogP contribution is 2.09. The van der Waals surface area contributed by atoms with Crippen LogP contribution in [0.4, 0.5) is 0 Å². The van der Waals surface area contributed by atoms with Gasteiger partial charge in [0, 0.05) is 0 Å². The first kappa shape index (κ1) is 11.1. The minimum absolute atomic E-state index is 0.158. The first-order valence-corrected chi connectivity index (χ1v) is 4.73. The highest BCUT2D eigenvalue weighted by atomic mass is 32.1. The second-order valence-corrected chi connectivity index (χ2v) is 3.81. The van der Waals surface area contributed by atoms with Gasteiger partial charge in [0.1, 0.15) is 0 Å². The molecule has 2 unspecified atom stereocenters. The average molecular weight is 215 g/mol. The van der Waals surface area contributed by atoms with Crippen LogP contribution in [0.1, 0.15) is 13.8 Å². The summed E-state index contributed by atoms with van der Waals surface area (Å²) in [6.45, 7) is 3.66. The van der Waals surface area contributed by atoms with Crippen LogP contribution >= 0.6 is 12.2 Å². The Morgan fingerprint density at radius 2 is 2.29 bits per heavy atom. The van der Waals surface area contributed by atoms with E-state index in [0.29, 0.717) is 4.99 Å². The zero-order valence-corrected chi connectivity index (χ0v) is 8.93. The predicted molar refractivity (Wildman–Crippen MR) is 55.6 cm³/mol. The van der Waals surface area contributed by atoms with Crippen LogP contribution in [0.3, 0.4) is 0 Å². The molecule has 1 saturated heterocycles. The van der Waals surface area contributed by atoms with Crippen LogP contribution in [0, 0.1) is 0 Å². The van der Waals surface area contributed by atoms with Crippen LogP contribution in [-0.4, -0.2) is 40.3 Å². The molecule has 2 amide bonds. The summed E-state index contributed by atoms with van der Waals surface area (Å²) in [5.41, 5.74) is 5.47. The van der Waals surface area contributed by atoms with Gasteiger partial charge in [-0.25, -0.2) is 0 Å². The first-order valence-electron chi connectivity index (χ1n) is 4.32. The predicted octanol–water partition coefficient (Wildman–Crippen LogP) is -0.992. The molecule has 5 nitrogen and oxygen atoms in total. The van der Waals surface area contributed by atoms with Crippen molar-refractivity contribution >= 4 is 29.0 Å². The molecule has 0 saturated carbocycles. The molecule has 78 valence electrons. The molecule has 6 heteroatoms. The van der Waals surface area contributed by atoms with Gasteiger partial charge < -0.3 is 5.73 Å². The summed E-state index contributed by atoms with van der Waals surface area (Å²) in [6.07, 6.45) is 0. The smallest absolute Gasteiger partial charge is 0.243 e. The van der Waals surface area contributed by atoms with Crippen molar-refractivity contribution in [1.82, 2.24) is 10.2 Å². The molecule has 2 atom stereocenters. The van der Waals surface area contributed by atoms with Crippen molar-refractivity contribution < 1.29 is 9.59 Å². The molecule has 1 aliphatic rings. The average Bonchev–Trinajstić information content (AvgIpc) is 2.09. The molecular weight excluding hydrogens is 202 g/mol. The fourth-order valence-corrected chi connectivity index (χ4v) is 1.51. The Kier molecular flexibility index (Phi) is 3.17. The lowest BCUT2D eigenvalue weighted by Crippen LogP contribution is -2.61. The normalized spacial score (nSPS) is 25.7. The molecule has 0 spiro atoms. The fourth-order valence-electron chi connectivity index (χ4n) is 1.37. The largest absolute Gasteiger partial charge is 0.392 e. The Labute approximate surface area is 87.6 Å². The number of amides is 2. The number of nitrogens with zero attached hydrogens (tertiary/aromatic N) is 1. The van der Waals surface area contributed by atoms with E-state index in [1.807, 2.05) is 0 Å². The van der Waals surface area contributed by atoms with Crippen molar-refractivity contribution in [3.8, 4) is 0 Å². The van der Waals surface area contributed by atoms with Crippen molar-refractivity contribution in [3.63, 3.8) is 0 Å². The highest BCUT2D eigenvalue weighted by Gasteiger charge is 2.33. The summed E-state index contributed by atoms with van der Waals surface area (Å²) in [4.78, 5) is 24.4. The summed E-state index contributed by atoms with van der Waals surface area (Å²) in [6, 6.07) is -0.612. The molecule has 0 bridgehead atoms. The number of imide groups is 1. The van der Waals surface area contributed by atoms with E-state index in [0.717, 1.165) is 0 Å². The van der Waals surface area contributed by atoms with Gasteiger partial charge in [-0.15, -0.1) is 0 Å². The number of thiocarbonyl (C=S) groups is 1. The van der Waals surface area contributed by atoms with Crippen LogP contribution in [0.2, 0.25) is 0 Å². The van der Waals surface area contributed by atoms with Gasteiger partial charge in [-0.05, 0) is 13.8 Å². The Bertz CT molecular complexity index is 288. The third-order valence-corrected chi connectivity index (χ3v) is 2.72. The van der Waals surface area contributed by atoms with Crippen LogP contribution in [0.5, 0.6) is 0 Å². The zero-order chi connectivity index (χ0) is 10.9. The second kappa shape index (κ2) is 4.02. The van der Waals surface area contributed by atoms with Crippen molar-refractivity contribution in [1.29, 1.82) is 0 Å². The molecule has 14 heavy (non-hydrogen) atoms. The van der Waals surface area contributed by atoms with Gasteiger partial charge in [-0.3, -0.25) is 19.8 Å². The monoisotopic (exact) mass is 215 g/mol. The molecule has 0 aromatic carbocycles. The number of rotatable bonds is 2. The summed E-state index contributed by atoms with van der Waals surface area (Å²) in [5, 5.41) is 2.25. The van der Waals surface area contributed by atoms with Gasteiger partial charge in [-0.1, -0.05) is 12.2 Å². The standard InChI is InChI=1S/C8H13N3O2S/c1-4(7(9)14)11-3-6(12)10-8(13)5(11)2/h4-5H,3H2,1-2H3,(H2,9,14)(H,10,12,13). The van der Waals surface area contributed by atoms with Gasteiger partial charge in [0.15, 0.2) is 0 Å². The molecule has 1 heterocycles. The lowest BCUT2D eigenvalue weighted by atomic mass is 10.1. The maximum Gasteiger partial charge on any atom is 0.243 e. The van der Waals surface area contributed by atoms with E-state index in [-0.39, 0.29) is 30.4 Å². The van der Waals surface area contributed by atoms with E-state index in [4.69, 9.17) is 18.0 Å². The Balaban J connectivity index is 2.81. The third-order valence-electron chi connectivity index (χ3n) is 2.37. The van der Waals surface area contributed by atoms with E-state index >= 15 is 0 Å². The fraction of sp³-hybridized carbons (Fsp3) is 0.625. The van der Waals surface area contributed by atoms with E-state index in [1.54, 1.807) is 18.7 Å². The van der Waals surface area contributed by atoms with Gasteiger partial charge >= 0.3 is 0 Å². The number of nitrogens with two attached hydrogens (primary N) is 1. The van der Waals surface area contributed by atoms with Gasteiger partial charge in [0.2, 0.25) is 11.8 Å². The van der Waals surface area contributed by atoms with E-state index in [1.165, 1.54) is 0 Å². The minimum atomic E-state index is -0.371. The molecule has 0 aliphatic carbocycles. The zero-order valence-electron chi connectivity index (χ0n) is 8.11. The molecule has 1 aliphatic heterocycles. The van der Waals surface area contributed by atoms with Crippen LogP contribution < -0.4 is 11.1 Å². The van der Waals surface area contributed by atoms with Gasteiger partial charge in [0.25, 0.3) is 0 Å². The van der Waals surface area contributed by atoms with Crippen LogP contribution in [0.15, 0.2) is 0 Å². The maximum absolute atomic E-state index is 11.3.